The van der Waals surface area contributed by atoms with Crippen molar-refractivity contribution in [1.29, 1.82) is 0 Å². The minimum atomic E-state index is 0.712. The van der Waals surface area contributed by atoms with E-state index in [9.17, 15) is 0 Å². The number of rotatable bonds is 7. The summed E-state index contributed by atoms with van der Waals surface area (Å²) >= 11 is 0. The van der Waals surface area contributed by atoms with Gasteiger partial charge in [-0.3, -0.25) is 9.80 Å². The lowest BCUT2D eigenvalue weighted by Gasteiger charge is -2.42. The molecule has 0 aliphatic carbocycles. The lowest BCUT2D eigenvalue weighted by atomic mass is 10.1. The smallest absolute Gasteiger partial charge is 0.0113 e. The highest BCUT2D eigenvalue weighted by molar-refractivity contribution is 4.81. The van der Waals surface area contributed by atoms with E-state index in [1.165, 1.54) is 45.4 Å². The standard InChI is InChI=1S/C14H31N3/c1-4-13(5-2)16-9-11-17(12-10-16)14(6-3)7-8-15/h13-14H,4-12,15H2,1-3H3. The fourth-order valence-electron chi connectivity index (χ4n) is 3.11. The van der Waals surface area contributed by atoms with E-state index in [0.717, 1.165) is 19.0 Å². The monoisotopic (exact) mass is 241 g/mol. The Morgan fingerprint density at radius 1 is 0.824 bits per heavy atom. The van der Waals surface area contributed by atoms with Crippen LogP contribution in [-0.2, 0) is 0 Å². The second kappa shape index (κ2) is 8.06. The van der Waals surface area contributed by atoms with Gasteiger partial charge in [0.1, 0.15) is 0 Å². The van der Waals surface area contributed by atoms with E-state index < -0.39 is 0 Å². The van der Waals surface area contributed by atoms with Gasteiger partial charge >= 0.3 is 0 Å². The van der Waals surface area contributed by atoms with Crippen LogP contribution >= 0.6 is 0 Å². The molecule has 1 fully saturated rings. The number of hydrogen-bond acceptors (Lipinski definition) is 3. The molecular formula is C14H31N3. The first-order valence-corrected chi connectivity index (χ1v) is 7.44. The topological polar surface area (TPSA) is 32.5 Å². The van der Waals surface area contributed by atoms with Crippen LogP contribution in [0.4, 0.5) is 0 Å². The Balaban J connectivity index is 2.38. The van der Waals surface area contributed by atoms with Crippen LogP contribution in [0.3, 0.4) is 0 Å². The van der Waals surface area contributed by atoms with Gasteiger partial charge in [-0.2, -0.15) is 0 Å². The molecule has 0 aromatic rings. The number of nitrogens with two attached hydrogens (primary N) is 1. The van der Waals surface area contributed by atoms with E-state index in [2.05, 4.69) is 30.6 Å². The van der Waals surface area contributed by atoms with Gasteiger partial charge in [-0.1, -0.05) is 20.8 Å². The van der Waals surface area contributed by atoms with E-state index in [1.807, 2.05) is 0 Å². The van der Waals surface area contributed by atoms with Gasteiger partial charge in [0, 0.05) is 38.3 Å². The largest absolute Gasteiger partial charge is 0.330 e. The maximum atomic E-state index is 5.69. The summed E-state index contributed by atoms with van der Waals surface area (Å²) in [6, 6.07) is 1.51. The molecule has 1 heterocycles. The van der Waals surface area contributed by atoms with Crippen LogP contribution in [0.1, 0.15) is 46.5 Å². The summed E-state index contributed by atoms with van der Waals surface area (Å²) in [4.78, 5) is 5.32. The number of nitrogens with zero attached hydrogens (tertiary/aromatic N) is 2. The predicted molar refractivity (Wildman–Crippen MR) is 75.3 cm³/mol. The van der Waals surface area contributed by atoms with Crippen molar-refractivity contribution in [2.24, 2.45) is 5.73 Å². The number of piperazine rings is 1. The molecule has 17 heavy (non-hydrogen) atoms. The fraction of sp³-hybridized carbons (Fsp3) is 1.00. The first kappa shape index (κ1) is 14.9. The third kappa shape index (κ3) is 4.23. The van der Waals surface area contributed by atoms with Crippen molar-refractivity contribution in [3.05, 3.63) is 0 Å². The molecule has 0 aromatic heterocycles. The average Bonchev–Trinajstić information content (AvgIpc) is 2.38. The highest BCUT2D eigenvalue weighted by atomic mass is 15.3. The zero-order chi connectivity index (χ0) is 12.7. The molecule has 0 radical (unpaired) electrons. The summed E-state index contributed by atoms with van der Waals surface area (Å²) in [5.41, 5.74) is 5.69. The lowest BCUT2D eigenvalue weighted by molar-refractivity contribution is 0.0628. The van der Waals surface area contributed by atoms with Crippen LogP contribution in [-0.4, -0.2) is 54.6 Å². The Morgan fingerprint density at radius 2 is 1.24 bits per heavy atom. The quantitative estimate of drug-likeness (QED) is 0.739. The van der Waals surface area contributed by atoms with Crippen LogP contribution in [0.5, 0.6) is 0 Å². The number of hydrogen-bond donors (Lipinski definition) is 1. The molecule has 1 rings (SSSR count). The van der Waals surface area contributed by atoms with Crippen molar-refractivity contribution in [3.63, 3.8) is 0 Å². The molecule has 0 bridgehead atoms. The highest BCUT2D eigenvalue weighted by Gasteiger charge is 2.24. The Labute approximate surface area is 107 Å². The van der Waals surface area contributed by atoms with E-state index in [0.29, 0.717) is 6.04 Å². The Hall–Kier alpha value is -0.120. The van der Waals surface area contributed by atoms with Crippen LogP contribution in [0.2, 0.25) is 0 Å². The van der Waals surface area contributed by atoms with Crippen LogP contribution in [0, 0.1) is 0 Å². The summed E-state index contributed by atoms with van der Waals surface area (Å²) < 4.78 is 0. The van der Waals surface area contributed by atoms with Crippen molar-refractivity contribution in [1.82, 2.24) is 9.80 Å². The average molecular weight is 241 g/mol. The second-order valence-electron chi connectivity index (χ2n) is 5.18. The van der Waals surface area contributed by atoms with Gasteiger partial charge in [-0.25, -0.2) is 0 Å². The summed E-state index contributed by atoms with van der Waals surface area (Å²) in [5, 5.41) is 0. The summed E-state index contributed by atoms with van der Waals surface area (Å²) in [7, 11) is 0. The molecule has 1 aliphatic heterocycles. The van der Waals surface area contributed by atoms with E-state index >= 15 is 0 Å². The molecule has 102 valence electrons. The van der Waals surface area contributed by atoms with Gasteiger partial charge < -0.3 is 5.73 Å². The lowest BCUT2D eigenvalue weighted by Crippen LogP contribution is -2.53. The van der Waals surface area contributed by atoms with E-state index in [1.54, 1.807) is 0 Å². The maximum absolute atomic E-state index is 5.69. The molecule has 1 saturated heterocycles. The maximum Gasteiger partial charge on any atom is 0.0113 e. The van der Waals surface area contributed by atoms with Crippen LogP contribution in [0.25, 0.3) is 0 Å². The van der Waals surface area contributed by atoms with Crippen molar-refractivity contribution in [2.75, 3.05) is 32.7 Å². The van der Waals surface area contributed by atoms with Crippen LogP contribution in [0.15, 0.2) is 0 Å². The molecule has 3 heteroatoms. The molecule has 1 atom stereocenters. The minimum absolute atomic E-state index is 0.712. The van der Waals surface area contributed by atoms with Crippen molar-refractivity contribution >= 4 is 0 Å². The van der Waals surface area contributed by atoms with Gasteiger partial charge in [0.25, 0.3) is 0 Å². The first-order chi connectivity index (χ1) is 8.26. The van der Waals surface area contributed by atoms with Gasteiger partial charge in [-0.15, -0.1) is 0 Å². The molecule has 3 nitrogen and oxygen atoms in total. The molecular weight excluding hydrogens is 210 g/mol. The van der Waals surface area contributed by atoms with Crippen molar-refractivity contribution in [2.45, 2.75) is 58.5 Å². The van der Waals surface area contributed by atoms with Crippen molar-refractivity contribution in [3.8, 4) is 0 Å². The Morgan fingerprint density at radius 3 is 1.59 bits per heavy atom. The summed E-state index contributed by atoms with van der Waals surface area (Å²) in [5.74, 6) is 0. The predicted octanol–water partition coefficient (Wildman–Crippen LogP) is 1.92. The van der Waals surface area contributed by atoms with Gasteiger partial charge in [0.05, 0.1) is 0 Å². The zero-order valence-corrected chi connectivity index (χ0v) is 12.0. The molecule has 0 amide bonds. The van der Waals surface area contributed by atoms with Gasteiger partial charge in [-0.05, 0) is 32.2 Å². The minimum Gasteiger partial charge on any atom is -0.330 e. The SMILES string of the molecule is CCC(CC)N1CCN(C(CC)CCN)CC1. The Kier molecular flexibility index (Phi) is 7.09. The first-order valence-electron chi connectivity index (χ1n) is 7.44. The molecule has 2 N–H and O–H groups in total. The van der Waals surface area contributed by atoms with E-state index in [-0.39, 0.29) is 0 Å². The van der Waals surface area contributed by atoms with Crippen molar-refractivity contribution < 1.29 is 0 Å². The van der Waals surface area contributed by atoms with E-state index in [4.69, 9.17) is 5.73 Å². The van der Waals surface area contributed by atoms with Gasteiger partial charge in [0.2, 0.25) is 0 Å². The third-order valence-corrected chi connectivity index (χ3v) is 4.30. The van der Waals surface area contributed by atoms with Crippen LogP contribution < -0.4 is 5.73 Å². The molecule has 1 unspecified atom stereocenters. The molecule has 0 spiro atoms. The molecule has 0 saturated carbocycles. The fourth-order valence-corrected chi connectivity index (χ4v) is 3.11. The third-order valence-electron chi connectivity index (χ3n) is 4.30. The summed E-state index contributed by atoms with van der Waals surface area (Å²) in [6.45, 7) is 12.7. The molecule has 1 aliphatic rings. The second-order valence-corrected chi connectivity index (χ2v) is 5.18. The van der Waals surface area contributed by atoms with Gasteiger partial charge in [0.15, 0.2) is 0 Å². The highest BCUT2D eigenvalue weighted by Crippen LogP contribution is 2.16. The normalized spacial score (nSPS) is 21.0. The Bertz CT molecular complexity index is 184. The summed E-state index contributed by atoms with van der Waals surface area (Å²) in [6.07, 6.45) is 4.97. The molecule has 0 aromatic carbocycles. The zero-order valence-electron chi connectivity index (χ0n) is 12.0.